The first-order valence-corrected chi connectivity index (χ1v) is 9.48. The van der Waals surface area contributed by atoms with Crippen LogP contribution in [0.5, 0.6) is 0 Å². The number of aromatic nitrogens is 5. The van der Waals surface area contributed by atoms with Crippen molar-refractivity contribution in [3.8, 4) is 11.5 Å². The number of hydrogen-bond donors (Lipinski definition) is 1. The average Bonchev–Trinajstić information content (AvgIpc) is 3.42. The lowest BCUT2D eigenvalue weighted by molar-refractivity contribution is -0.113. The Morgan fingerprint density at radius 2 is 2.00 bits per heavy atom. The summed E-state index contributed by atoms with van der Waals surface area (Å²) >= 11 is 1.21. The van der Waals surface area contributed by atoms with Gasteiger partial charge in [-0.15, -0.1) is 10.2 Å². The van der Waals surface area contributed by atoms with E-state index in [-0.39, 0.29) is 11.7 Å². The van der Waals surface area contributed by atoms with Crippen molar-refractivity contribution in [2.24, 2.45) is 0 Å². The fourth-order valence-electron chi connectivity index (χ4n) is 3.04. The quantitative estimate of drug-likeness (QED) is 0.665. The van der Waals surface area contributed by atoms with E-state index in [9.17, 15) is 4.79 Å². The van der Waals surface area contributed by atoms with E-state index in [4.69, 9.17) is 4.42 Å². The largest absolute Gasteiger partial charge is 0.411 e. The Morgan fingerprint density at radius 3 is 2.81 bits per heavy atom. The van der Waals surface area contributed by atoms with Gasteiger partial charge in [-0.05, 0) is 25.0 Å². The third kappa shape index (κ3) is 3.77. The number of pyridine rings is 1. The van der Waals surface area contributed by atoms with Gasteiger partial charge in [0.25, 0.3) is 5.22 Å². The number of nitrogens with zero attached hydrogens (tertiary/aromatic N) is 5. The molecule has 0 radical (unpaired) electrons. The molecule has 134 valence electrons. The van der Waals surface area contributed by atoms with E-state index in [1.165, 1.54) is 24.6 Å². The summed E-state index contributed by atoms with van der Waals surface area (Å²) in [5, 5.41) is 15.6. The second-order valence-electron chi connectivity index (χ2n) is 6.05. The topological polar surface area (TPSA) is 98.7 Å². The molecule has 3 aromatic rings. The number of amides is 1. The molecule has 3 aromatic heterocycles. The summed E-state index contributed by atoms with van der Waals surface area (Å²) in [4.78, 5) is 16.2. The van der Waals surface area contributed by atoms with Crippen LogP contribution in [-0.4, -0.2) is 36.6 Å². The van der Waals surface area contributed by atoms with Crippen LogP contribution < -0.4 is 5.32 Å². The van der Waals surface area contributed by atoms with E-state index in [1.807, 2.05) is 10.7 Å². The number of anilines is 1. The molecule has 4 rings (SSSR count). The van der Waals surface area contributed by atoms with E-state index in [2.05, 4.69) is 25.6 Å². The number of hydrogen-bond acceptors (Lipinski definition) is 7. The van der Waals surface area contributed by atoms with Crippen LogP contribution in [-0.2, 0) is 4.79 Å². The van der Waals surface area contributed by atoms with Crippen LogP contribution in [0.3, 0.4) is 0 Å². The molecule has 1 N–H and O–H groups in total. The van der Waals surface area contributed by atoms with Gasteiger partial charge in [0.2, 0.25) is 11.8 Å². The van der Waals surface area contributed by atoms with Crippen LogP contribution in [0.4, 0.5) is 5.82 Å². The fourth-order valence-corrected chi connectivity index (χ4v) is 3.60. The minimum absolute atomic E-state index is 0.126. The molecule has 8 nitrogen and oxygen atoms in total. The smallest absolute Gasteiger partial charge is 0.277 e. The normalized spacial score (nSPS) is 14.6. The maximum absolute atomic E-state index is 12.3. The first-order valence-electron chi connectivity index (χ1n) is 8.49. The van der Waals surface area contributed by atoms with Crippen LogP contribution in [0.15, 0.2) is 46.4 Å². The molecule has 0 unspecified atom stereocenters. The van der Waals surface area contributed by atoms with E-state index in [0.717, 1.165) is 24.2 Å². The molecule has 1 fully saturated rings. The summed E-state index contributed by atoms with van der Waals surface area (Å²) in [5.74, 6) is 1.21. The first kappa shape index (κ1) is 16.8. The molecule has 3 heterocycles. The highest BCUT2D eigenvalue weighted by Crippen LogP contribution is 2.31. The molecule has 1 aliphatic carbocycles. The Morgan fingerprint density at radius 1 is 1.19 bits per heavy atom. The monoisotopic (exact) mass is 370 g/mol. The second kappa shape index (κ2) is 7.69. The van der Waals surface area contributed by atoms with Crippen LogP contribution in [0, 0.1) is 0 Å². The van der Waals surface area contributed by atoms with Crippen LogP contribution >= 0.6 is 11.8 Å². The Hall–Kier alpha value is -2.68. The van der Waals surface area contributed by atoms with Crippen molar-refractivity contribution >= 4 is 23.5 Å². The van der Waals surface area contributed by atoms with Crippen LogP contribution in [0.2, 0.25) is 0 Å². The average molecular weight is 370 g/mol. The van der Waals surface area contributed by atoms with Gasteiger partial charge in [0.15, 0.2) is 0 Å². The molecule has 0 saturated heterocycles. The number of carbonyl (C=O) groups excluding carboxylic acids is 1. The van der Waals surface area contributed by atoms with Gasteiger partial charge in [-0.1, -0.05) is 24.6 Å². The van der Waals surface area contributed by atoms with Gasteiger partial charge in [0, 0.05) is 24.0 Å². The lowest BCUT2D eigenvalue weighted by atomic mass is 10.2. The van der Waals surface area contributed by atoms with E-state index < -0.39 is 0 Å². The Bertz CT molecular complexity index is 872. The zero-order chi connectivity index (χ0) is 17.8. The molecule has 26 heavy (non-hydrogen) atoms. The standard InChI is InChI=1S/C17H18N6O2S/c24-15(20-14-7-10-19-23(14)13-3-1-2-4-13)11-26-17-22-21-16(25-17)12-5-8-18-9-6-12/h5-10,13H,1-4,11H2,(H,20,24). The van der Waals surface area contributed by atoms with Crippen molar-refractivity contribution in [1.29, 1.82) is 0 Å². The first-order chi connectivity index (χ1) is 12.8. The molecule has 9 heteroatoms. The summed E-state index contributed by atoms with van der Waals surface area (Å²) < 4.78 is 7.50. The van der Waals surface area contributed by atoms with Crippen molar-refractivity contribution in [3.05, 3.63) is 36.8 Å². The lowest BCUT2D eigenvalue weighted by Gasteiger charge is -2.14. The predicted octanol–water partition coefficient (Wildman–Crippen LogP) is 3.17. The zero-order valence-corrected chi connectivity index (χ0v) is 14.9. The third-order valence-electron chi connectivity index (χ3n) is 4.27. The number of rotatable bonds is 6. The third-order valence-corrected chi connectivity index (χ3v) is 5.09. The molecular formula is C17H18N6O2S. The molecule has 0 aromatic carbocycles. The van der Waals surface area contributed by atoms with Gasteiger partial charge in [-0.25, -0.2) is 4.68 Å². The number of nitrogens with one attached hydrogen (secondary N) is 1. The summed E-state index contributed by atoms with van der Waals surface area (Å²) in [6.45, 7) is 0. The Labute approximate surface area is 154 Å². The Balaban J connectivity index is 1.34. The molecule has 0 spiro atoms. The van der Waals surface area contributed by atoms with E-state index in [1.54, 1.807) is 30.7 Å². The highest BCUT2D eigenvalue weighted by atomic mass is 32.2. The van der Waals surface area contributed by atoms with Gasteiger partial charge in [-0.3, -0.25) is 9.78 Å². The van der Waals surface area contributed by atoms with Crippen molar-refractivity contribution < 1.29 is 9.21 Å². The molecule has 1 aliphatic rings. The second-order valence-corrected chi connectivity index (χ2v) is 6.97. The minimum atomic E-state index is -0.126. The van der Waals surface area contributed by atoms with Crippen LogP contribution in [0.25, 0.3) is 11.5 Å². The summed E-state index contributed by atoms with van der Waals surface area (Å²) in [5.41, 5.74) is 0.796. The summed E-state index contributed by atoms with van der Waals surface area (Å²) in [6.07, 6.45) is 9.69. The van der Waals surface area contributed by atoms with Gasteiger partial charge in [0.1, 0.15) is 5.82 Å². The van der Waals surface area contributed by atoms with Crippen molar-refractivity contribution in [1.82, 2.24) is 25.0 Å². The molecule has 1 saturated carbocycles. The molecule has 0 aliphatic heterocycles. The van der Waals surface area contributed by atoms with E-state index in [0.29, 0.717) is 17.2 Å². The maximum atomic E-state index is 12.3. The number of carbonyl (C=O) groups is 1. The summed E-state index contributed by atoms with van der Waals surface area (Å²) in [7, 11) is 0. The molecular weight excluding hydrogens is 352 g/mol. The van der Waals surface area contributed by atoms with Crippen LogP contribution in [0.1, 0.15) is 31.7 Å². The molecule has 1 amide bonds. The van der Waals surface area contributed by atoms with Gasteiger partial charge < -0.3 is 9.73 Å². The SMILES string of the molecule is O=C(CSc1nnc(-c2ccncc2)o1)Nc1ccnn1C1CCCC1. The van der Waals surface area contributed by atoms with E-state index >= 15 is 0 Å². The maximum Gasteiger partial charge on any atom is 0.277 e. The van der Waals surface area contributed by atoms with Crippen molar-refractivity contribution in [2.75, 3.05) is 11.1 Å². The minimum Gasteiger partial charge on any atom is -0.411 e. The highest BCUT2D eigenvalue weighted by molar-refractivity contribution is 7.99. The molecule has 0 atom stereocenters. The lowest BCUT2D eigenvalue weighted by Crippen LogP contribution is -2.19. The fraction of sp³-hybridized carbons (Fsp3) is 0.353. The number of thioether (sulfide) groups is 1. The summed E-state index contributed by atoms with van der Waals surface area (Å²) in [6, 6.07) is 5.79. The zero-order valence-electron chi connectivity index (χ0n) is 14.0. The predicted molar refractivity (Wildman–Crippen MR) is 96.6 cm³/mol. The highest BCUT2D eigenvalue weighted by Gasteiger charge is 2.20. The molecule has 0 bridgehead atoms. The van der Waals surface area contributed by atoms with Gasteiger partial charge in [-0.2, -0.15) is 5.10 Å². The Kier molecular flexibility index (Phi) is 4.96. The van der Waals surface area contributed by atoms with Gasteiger partial charge in [0.05, 0.1) is 18.0 Å². The van der Waals surface area contributed by atoms with Gasteiger partial charge >= 0.3 is 0 Å². The van der Waals surface area contributed by atoms with Crippen molar-refractivity contribution in [2.45, 2.75) is 36.9 Å². The van der Waals surface area contributed by atoms with Crippen molar-refractivity contribution in [3.63, 3.8) is 0 Å².